The highest BCUT2D eigenvalue weighted by molar-refractivity contribution is 6.31. The molecule has 2 atom stereocenters. The molecule has 84 valence electrons. The van der Waals surface area contributed by atoms with E-state index in [2.05, 4.69) is 9.58 Å². The van der Waals surface area contributed by atoms with Gasteiger partial charge >= 0.3 is 12.4 Å². The summed E-state index contributed by atoms with van der Waals surface area (Å²) in [7, 11) is 0. The SMILES string of the molecule is [N-]=[N+]=CC(=O)[C@H]1CCCC[C@@H]1C(=O)C=[N+]=[N-]. The molecular weight excluding hydrogens is 208 g/mol. The molecule has 0 aromatic heterocycles. The summed E-state index contributed by atoms with van der Waals surface area (Å²) in [5.74, 6) is -1.64. The fourth-order valence-electron chi connectivity index (χ4n) is 2.12. The predicted molar refractivity (Wildman–Crippen MR) is 54.8 cm³/mol. The summed E-state index contributed by atoms with van der Waals surface area (Å²) in [4.78, 5) is 28.5. The first-order valence-corrected chi connectivity index (χ1v) is 5.13. The maximum absolute atomic E-state index is 11.5. The monoisotopic (exact) mass is 220 g/mol. The number of rotatable bonds is 4. The molecule has 0 radical (unpaired) electrons. The molecule has 0 aromatic rings. The van der Waals surface area contributed by atoms with Gasteiger partial charge in [0.25, 0.3) is 0 Å². The van der Waals surface area contributed by atoms with E-state index in [1.807, 2.05) is 0 Å². The van der Waals surface area contributed by atoms with E-state index in [1.165, 1.54) is 0 Å². The zero-order valence-corrected chi connectivity index (χ0v) is 8.74. The predicted octanol–water partition coefficient (Wildman–Crippen LogP) is 0.532. The lowest BCUT2D eigenvalue weighted by Crippen LogP contribution is -2.34. The molecular formula is C10H12N4O2. The minimum atomic E-state index is -0.463. The Balaban J connectivity index is 2.86. The lowest BCUT2D eigenvalue weighted by Gasteiger charge is -2.25. The van der Waals surface area contributed by atoms with Crippen LogP contribution in [0.25, 0.3) is 11.1 Å². The topological polar surface area (TPSA) is 107 Å². The van der Waals surface area contributed by atoms with Crippen LogP contribution in [-0.2, 0) is 9.59 Å². The second kappa shape index (κ2) is 5.85. The Labute approximate surface area is 92.5 Å². The molecule has 1 fully saturated rings. The second-order valence-corrected chi connectivity index (χ2v) is 3.79. The van der Waals surface area contributed by atoms with Crippen LogP contribution >= 0.6 is 0 Å². The van der Waals surface area contributed by atoms with Gasteiger partial charge in [-0.2, -0.15) is 9.58 Å². The Kier molecular flexibility index (Phi) is 4.45. The van der Waals surface area contributed by atoms with E-state index in [9.17, 15) is 9.59 Å². The van der Waals surface area contributed by atoms with Gasteiger partial charge in [-0.15, -0.1) is 0 Å². The van der Waals surface area contributed by atoms with Crippen LogP contribution in [0.1, 0.15) is 25.7 Å². The zero-order valence-electron chi connectivity index (χ0n) is 8.74. The third kappa shape index (κ3) is 2.79. The Bertz CT molecular complexity index is 354. The van der Waals surface area contributed by atoms with E-state index in [1.54, 1.807) is 0 Å². The van der Waals surface area contributed by atoms with Gasteiger partial charge in [0.2, 0.25) is 11.6 Å². The van der Waals surface area contributed by atoms with Crippen molar-refractivity contribution in [2.75, 3.05) is 0 Å². The Morgan fingerprint density at radius 2 is 1.31 bits per heavy atom. The van der Waals surface area contributed by atoms with Crippen molar-refractivity contribution in [3.05, 3.63) is 11.1 Å². The molecule has 0 spiro atoms. The Morgan fingerprint density at radius 1 is 0.938 bits per heavy atom. The number of hydrogen-bond acceptors (Lipinski definition) is 2. The summed E-state index contributed by atoms with van der Waals surface area (Å²) >= 11 is 0. The third-order valence-corrected chi connectivity index (χ3v) is 2.87. The van der Waals surface area contributed by atoms with Crippen LogP contribution in [0.15, 0.2) is 0 Å². The van der Waals surface area contributed by atoms with Crippen molar-refractivity contribution in [1.29, 1.82) is 0 Å². The number of carbonyl (C=O) groups is 2. The summed E-state index contributed by atoms with van der Waals surface area (Å²) in [6.07, 6.45) is 4.59. The molecule has 1 aliphatic carbocycles. The van der Waals surface area contributed by atoms with Crippen molar-refractivity contribution in [2.24, 2.45) is 11.8 Å². The molecule has 0 saturated heterocycles. The lowest BCUT2D eigenvalue weighted by molar-refractivity contribution is -0.129. The van der Waals surface area contributed by atoms with Crippen LogP contribution < -0.4 is 0 Å². The maximum Gasteiger partial charge on any atom is 0.323 e. The molecule has 1 aliphatic rings. The van der Waals surface area contributed by atoms with E-state index >= 15 is 0 Å². The number of hydrogen-bond donors (Lipinski definition) is 0. The highest BCUT2D eigenvalue weighted by Gasteiger charge is 2.36. The average Bonchev–Trinajstić information content (AvgIpc) is 2.30. The van der Waals surface area contributed by atoms with E-state index in [-0.39, 0.29) is 11.6 Å². The van der Waals surface area contributed by atoms with Gasteiger partial charge in [-0.05, 0) is 12.8 Å². The highest BCUT2D eigenvalue weighted by Crippen LogP contribution is 2.30. The summed E-state index contributed by atoms with van der Waals surface area (Å²) < 4.78 is 0. The van der Waals surface area contributed by atoms with E-state index in [0.717, 1.165) is 25.3 Å². The molecule has 0 amide bonds. The largest absolute Gasteiger partial charge is 0.361 e. The number of Topliss-reactive ketones (excluding diaryl/α,β-unsaturated/α-hetero) is 2. The Morgan fingerprint density at radius 3 is 1.62 bits per heavy atom. The van der Waals surface area contributed by atoms with Crippen molar-refractivity contribution in [3.63, 3.8) is 0 Å². The minimum Gasteiger partial charge on any atom is -0.361 e. The molecule has 1 saturated carbocycles. The highest BCUT2D eigenvalue weighted by atomic mass is 16.1. The number of ketones is 2. The van der Waals surface area contributed by atoms with Crippen LogP contribution in [0, 0.1) is 11.8 Å². The minimum absolute atomic E-state index is 0.355. The van der Waals surface area contributed by atoms with E-state index in [0.29, 0.717) is 12.8 Å². The van der Waals surface area contributed by atoms with Gasteiger partial charge in [-0.1, -0.05) is 12.8 Å². The smallest absolute Gasteiger partial charge is 0.323 e. The fourth-order valence-corrected chi connectivity index (χ4v) is 2.12. The Hall–Kier alpha value is -1.90. The summed E-state index contributed by atoms with van der Waals surface area (Å²) in [6.45, 7) is 0. The van der Waals surface area contributed by atoms with E-state index < -0.39 is 11.8 Å². The first-order valence-electron chi connectivity index (χ1n) is 5.13. The van der Waals surface area contributed by atoms with Gasteiger partial charge in [0.1, 0.15) is 0 Å². The summed E-state index contributed by atoms with van der Waals surface area (Å²) in [5.41, 5.74) is 16.6. The van der Waals surface area contributed by atoms with Crippen molar-refractivity contribution >= 4 is 24.0 Å². The molecule has 6 heteroatoms. The number of carbonyl (C=O) groups excluding carboxylic acids is 2. The average molecular weight is 220 g/mol. The quantitative estimate of drug-likeness (QED) is 0.391. The molecule has 6 nitrogen and oxygen atoms in total. The van der Waals surface area contributed by atoms with Crippen molar-refractivity contribution in [2.45, 2.75) is 25.7 Å². The zero-order chi connectivity index (χ0) is 12.0. The molecule has 0 aromatic carbocycles. The lowest BCUT2D eigenvalue weighted by atomic mass is 9.75. The van der Waals surface area contributed by atoms with Crippen LogP contribution in [0.4, 0.5) is 0 Å². The first-order chi connectivity index (χ1) is 7.70. The van der Waals surface area contributed by atoms with Crippen molar-refractivity contribution in [3.8, 4) is 0 Å². The third-order valence-electron chi connectivity index (χ3n) is 2.87. The molecule has 0 N–H and O–H groups in total. The fraction of sp³-hybridized carbons (Fsp3) is 0.600. The maximum atomic E-state index is 11.5. The number of nitrogens with zero attached hydrogens (tertiary/aromatic N) is 4. The molecule has 0 bridgehead atoms. The van der Waals surface area contributed by atoms with Gasteiger partial charge in [-0.25, -0.2) is 0 Å². The van der Waals surface area contributed by atoms with Gasteiger partial charge in [0.05, 0.1) is 0 Å². The summed E-state index contributed by atoms with van der Waals surface area (Å²) in [6, 6.07) is 0. The van der Waals surface area contributed by atoms with Gasteiger partial charge in [0, 0.05) is 11.8 Å². The molecule has 0 heterocycles. The van der Waals surface area contributed by atoms with Gasteiger partial charge in [0.15, 0.2) is 0 Å². The molecule has 0 aliphatic heterocycles. The van der Waals surface area contributed by atoms with Crippen LogP contribution in [0.3, 0.4) is 0 Å². The van der Waals surface area contributed by atoms with Crippen LogP contribution in [0.2, 0.25) is 0 Å². The van der Waals surface area contributed by atoms with Crippen molar-refractivity contribution in [1.82, 2.24) is 0 Å². The normalized spacial score (nSPS) is 23.8. The summed E-state index contributed by atoms with van der Waals surface area (Å²) in [5, 5.41) is 0. The van der Waals surface area contributed by atoms with Crippen LogP contribution in [-0.4, -0.2) is 33.6 Å². The van der Waals surface area contributed by atoms with Gasteiger partial charge < -0.3 is 11.1 Å². The molecule has 0 unspecified atom stereocenters. The molecule has 16 heavy (non-hydrogen) atoms. The first kappa shape index (κ1) is 12.2. The van der Waals surface area contributed by atoms with E-state index in [4.69, 9.17) is 11.1 Å². The van der Waals surface area contributed by atoms with Crippen molar-refractivity contribution < 1.29 is 19.2 Å². The van der Waals surface area contributed by atoms with Gasteiger partial charge in [-0.3, -0.25) is 9.59 Å². The standard InChI is InChI=1S/C10H12N4O2/c11-13-5-9(15)7-3-1-2-4-8(7)10(16)6-14-12/h5-8H,1-4H2/t7-,8-/m0/s1. The molecule has 1 rings (SSSR count). The van der Waals surface area contributed by atoms with Crippen LogP contribution in [0.5, 0.6) is 0 Å². The second-order valence-electron chi connectivity index (χ2n) is 3.79.